The molecule has 5 nitrogen and oxygen atoms in total. The lowest BCUT2D eigenvalue weighted by Crippen LogP contribution is -2.54. The molecule has 0 atom stereocenters. The molecule has 0 unspecified atom stereocenters. The Morgan fingerprint density at radius 3 is 2.48 bits per heavy atom. The standard InChI is InChI=1S/C25H22N2O3S/c1-4-30-22-12-10-17(18-7-5-6-8-19(18)22)14-20-23(28)26-25(31)27(24(20)29)21-11-9-15(2)13-16(21)3/h5-14H,4H2,1-3H3,(H,26,28,31)/b20-14+. The summed E-state index contributed by atoms with van der Waals surface area (Å²) < 4.78 is 5.73. The van der Waals surface area contributed by atoms with Crippen LogP contribution in [0.25, 0.3) is 16.8 Å². The Labute approximate surface area is 186 Å². The van der Waals surface area contributed by atoms with Gasteiger partial charge in [-0.2, -0.15) is 0 Å². The summed E-state index contributed by atoms with van der Waals surface area (Å²) in [7, 11) is 0. The van der Waals surface area contributed by atoms with Crippen molar-refractivity contribution in [1.29, 1.82) is 0 Å². The number of ether oxygens (including phenoxy) is 1. The summed E-state index contributed by atoms with van der Waals surface area (Å²) >= 11 is 5.33. The van der Waals surface area contributed by atoms with E-state index in [0.29, 0.717) is 12.3 Å². The van der Waals surface area contributed by atoms with Gasteiger partial charge in [-0.3, -0.25) is 19.8 Å². The fourth-order valence-electron chi connectivity index (χ4n) is 3.79. The summed E-state index contributed by atoms with van der Waals surface area (Å²) in [6.07, 6.45) is 1.62. The van der Waals surface area contributed by atoms with E-state index < -0.39 is 11.8 Å². The number of carbonyl (C=O) groups excluding carboxylic acids is 2. The second-order valence-electron chi connectivity index (χ2n) is 7.38. The average molecular weight is 431 g/mol. The second kappa shape index (κ2) is 8.32. The van der Waals surface area contributed by atoms with Gasteiger partial charge in [0, 0.05) is 5.39 Å². The van der Waals surface area contributed by atoms with Crippen molar-refractivity contribution < 1.29 is 14.3 Å². The van der Waals surface area contributed by atoms with Crippen LogP contribution in [0.15, 0.2) is 60.2 Å². The molecule has 0 saturated carbocycles. The van der Waals surface area contributed by atoms with Crippen LogP contribution in [0.1, 0.15) is 23.6 Å². The molecule has 1 aliphatic heterocycles. The van der Waals surface area contributed by atoms with E-state index in [-0.39, 0.29) is 10.7 Å². The van der Waals surface area contributed by atoms with Crippen molar-refractivity contribution >= 4 is 51.7 Å². The Hall–Kier alpha value is -3.51. The number of hydrogen-bond acceptors (Lipinski definition) is 4. The normalized spacial score (nSPS) is 15.5. The quantitative estimate of drug-likeness (QED) is 0.371. The van der Waals surface area contributed by atoms with Gasteiger partial charge >= 0.3 is 0 Å². The van der Waals surface area contributed by atoms with E-state index in [1.54, 1.807) is 6.08 Å². The third-order valence-electron chi connectivity index (χ3n) is 5.21. The minimum atomic E-state index is -0.506. The van der Waals surface area contributed by atoms with Crippen molar-refractivity contribution in [2.24, 2.45) is 0 Å². The first kappa shape index (κ1) is 20.8. The van der Waals surface area contributed by atoms with Crippen molar-refractivity contribution in [3.05, 3.63) is 76.9 Å². The zero-order valence-electron chi connectivity index (χ0n) is 17.6. The van der Waals surface area contributed by atoms with Crippen molar-refractivity contribution in [2.75, 3.05) is 11.5 Å². The second-order valence-corrected chi connectivity index (χ2v) is 7.77. The molecular weight excluding hydrogens is 408 g/mol. The maximum absolute atomic E-state index is 13.4. The van der Waals surface area contributed by atoms with Crippen LogP contribution in [0.3, 0.4) is 0 Å². The maximum atomic E-state index is 13.4. The number of aryl methyl sites for hydroxylation is 2. The first-order valence-corrected chi connectivity index (χ1v) is 10.4. The van der Waals surface area contributed by atoms with E-state index in [4.69, 9.17) is 17.0 Å². The Bertz CT molecular complexity index is 1260. The Morgan fingerprint density at radius 1 is 1.03 bits per heavy atom. The van der Waals surface area contributed by atoms with E-state index in [1.165, 1.54) is 4.90 Å². The first-order valence-electron chi connectivity index (χ1n) is 10.0. The molecule has 1 N–H and O–H groups in total. The minimum absolute atomic E-state index is 0.0305. The lowest BCUT2D eigenvalue weighted by atomic mass is 10.00. The third-order valence-corrected chi connectivity index (χ3v) is 5.50. The van der Waals surface area contributed by atoms with Gasteiger partial charge in [0.25, 0.3) is 11.8 Å². The van der Waals surface area contributed by atoms with Crippen molar-refractivity contribution in [3.63, 3.8) is 0 Å². The molecule has 1 fully saturated rings. The van der Waals surface area contributed by atoms with Crippen LogP contribution in [0.2, 0.25) is 0 Å². The van der Waals surface area contributed by atoms with E-state index in [2.05, 4.69) is 5.32 Å². The average Bonchev–Trinajstić information content (AvgIpc) is 2.74. The molecule has 3 aromatic carbocycles. The highest BCUT2D eigenvalue weighted by atomic mass is 32.1. The van der Waals surface area contributed by atoms with E-state index in [0.717, 1.165) is 33.2 Å². The van der Waals surface area contributed by atoms with Gasteiger partial charge in [-0.15, -0.1) is 0 Å². The molecule has 1 saturated heterocycles. The molecule has 0 radical (unpaired) electrons. The van der Waals surface area contributed by atoms with Gasteiger partial charge < -0.3 is 4.74 Å². The Kier molecular flexibility index (Phi) is 5.57. The van der Waals surface area contributed by atoms with E-state index in [1.807, 2.05) is 75.4 Å². The number of carbonyl (C=O) groups is 2. The van der Waals surface area contributed by atoms with Crippen molar-refractivity contribution in [3.8, 4) is 5.75 Å². The van der Waals surface area contributed by atoms with Gasteiger partial charge in [0.15, 0.2) is 5.11 Å². The van der Waals surface area contributed by atoms with E-state index in [9.17, 15) is 9.59 Å². The molecule has 0 aliphatic carbocycles. The molecule has 31 heavy (non-hydrogen) atoms. The Morgan fingerprint density at radius 2 is 1.77 bits per heavy atom. The monoisotopic (exact) mass is 430 g/mol. The molecule has 4 rings (SSSR count). The molecule has 6 heteroatoms. The zero-order valence-corrected chi connectivity index (χ0v) is 18.4. The van der Waals surface area contributed by atoms with Crippen LogP contribution < -0.4 is 15.0 Å². The number of anilines is 1. The lowest BCUT2D eigenvalue weighted by Gasteiger charge is -2.30. The molecule has 3 aromatic rings. The van der Waals surface area contributed by atoms with Gasteiger partial charge in [0.1, 0.15) is 11.3 Å². The van der Waals surface area contributed by atoms with Crippen LogP contribution in [-0.4, -0.2) is 23.5 Å². The first-order chi connectivity index (χ1) is 14.9. The van der Waals surface area contributed by atoms with Crippen LogP contribution in [0.5, 0.6) is 5.75 Å². The Balaban J connectivity index is 1.82. The minimum Gasteiger partial charge on any atom is -0.493 e. The fourth-order valence-corrected chi connectivity index (χ4v) is 4.06. The van der Waals surface area contributed by atoms with Gasteiger partial charge in [0.2, 0.25) is 0 Å². The third kappa shape index (κ3) is 3.82. The predicted molar refractivity (Wildman–Crippen MR) is 127 cm³/mol. The molecule has 1 aliphatic rings. The van der Waals surface area contributed by atoms with Crippen molar-refractivity contribution in [2.45, 2.75) is 20.8 Å². The highest BCUT2D eigenvalue weighted by Crippen LogP contribution is 2.31. The van der Waals surface area contributed by atoms with Crippen LogP contribution >= 0.6 is 12.2 Å². The fraction of sp³-hybridized carbons (Fsp3) is 0.160. The molecule has 2 amide bonds. The number of fused-ring (bicyclic) bond motifs is 1. The number of benzene rings is 3. The highest BCUT2D eigenvalue weighted by molar-refractivity contribution is 7.80. The van der Waals surface area contributed by atoms with Crippen LogP contribution in [0.4, 0.5) is 5.69 Å². The number of nitrogens with zero attached hydrogens (tertiary/aromatic N) is 1. The molecular formula is C25H22N2O3S. The SMILES string of the molecule is CCOc1ccc(/C=C2\C(=O)NC(=S)N(c3ccc(C)cc3C)C2=O)c2ccccc12. The van der Waals surface area contributed by atoms with Gasteiger partial charge in [0.05, 0.1) is 12.3 Å². The van der Waals surface area contributed by atoms with Gasteiger partial charge in [-0.25, -0.2) is 0 Å². The van der Waals surface area contributed by atoms with Crippen molar-refractivity contribution in [1.82, 2.24) is 5.32 Å². The number of nitrogens with one attached hydrogen (secondary N) is 1. The van der Waals surface area contributed by atoms with Gasteiger partial charge in [-0.05, 0) is 67.7 Å². The molecule has 1 heterocycles. The summed E-state index contributed by atoms with van der Waals surface area (Å²) in [5.41, 5.74) is 3.42. The van der Waals surface area contributed by atoms with Crippen LogP contribution in [-0.2, 0) is 9.59 Å². The summed E-state index contributed by atoms with van der Waals surface area (Å²) in [6, 6.07) is 17.2. The molecule has 0 bridgehead atoms. The lowest BCUT2D eigenvalue weighted by molar-refractivity contribution is -0.122. The van der Waals surface area contributed by atoms with E-state index >= 15 is 0 Å². The topological polar surface area (TPSA) is 58.6 Å². The number of rotatable bonds is 4. The summed E-state index contributed by atoms with van der Waals surface area (Å²) in [5, 5.41) is 4.55. The summed E-state index contributed by atoms with van der Waals surface area (Å²) in [5.74, 6) is -0.189. The van der Waals surface area contributed by atoms with Gasteiger partial charge in [-0.1, -0.05) is 48.0 Å². The number of amides is 2. The van der Waals surface area contributed by atoms with Crippen LogP contribution in [0, 0.1) is 13.8 Å². The molecule has 0 spiro atoms. The largest absolute Gasteiger partial charge is 0.493 e. The molecule has 156 valence electrons. The number of hydrogen-bond donors (Lipinski definition) is 1. The maximum Gasteiger partial charge on any atom is 0.270 e. The summed E-state index contributed by atoms with van der Waals surface area (Å²) in [6.45, 7) is 6.38. The number of thiocarbonyl (C=S) groups is 1. The molecule has 0 aromatic heterocycles. The smallest absolute Gasteiger partial charge is 0.270 e. The zero-order chi connectivity index (χ0) is 22.1. The summed E-state index contributed by atoms with van der Waals surface area (Å²) in [4.78, 5) is 27.5. The predicted octanol–water partition coefficient (Wildman–Crippen LogP) is 4.69. The highest BCUT2D eigenvalue weighted by Gasteiger charge is 2.35.